The van der Waals surface area contributed by atoms with Gasteiger partial charge in [0.25, 0.3) is 0 Å². The minimum Gasteiger partial charge on any atom is -0.438 e. The summed E-state index contributed by atoms with van der Waals surface area (Å²) in [5.74, 6) is 1.97. The van der Waals surface area contributed by atoms with Crippen LogP contribution < -0.4 is 4.74 Å². The van der Waals surface area contributed by atoms with Crippen LogP contribution in [-0.4, -0.2) is 19.1 Å². The molecule has 0 N–H and O–H groups in total. The summed E-state index contributed by atoms with van der Waals surface area (Å²) in [6.07, 6.45) is 0. The molecule has 1 aliphatic rings. The van der Waals surface area contributed by atoms with Gasteiger partial charge in [0.1, 0.15) is 5.75 Å². The van der Waals surface area contributed by atoms with Gasteiger partial charge in [0.2, 0.25) is 11.8 Å². The predicted octanol–water partition coefficient (Wildman–Crippen LogP) is 9.60. The van der Waals surface area contributed by atoms with Crippen molar-refractivity contribution in [2.75, 3.05) is 0 Å². The Kier molecular flexibility index (Phi) is 4.39. The number of ether oxygens (including phenoxy) is 1. The Morgan fingerprint density at radius 2 is 1.09 bits per heavy atom. The van der Waals surface area contributed by atoms with Crippen molar-refractivity contribution >= 4 is 54.5 Å². The fraction of sp³-hybridized carbons (Fsp3) is 0. The molecule has 43 heavy (non-hydrogen) atoms. The third-order valence-corrected chi connectivity index (χ3v) is 8.75. The highest BCUT2D eigenvalue weighted by Gasteiger charge is 2.26. The van der Waals surface area contributed by atoms with Gasteiger partial charge in [-0.1, -0.05) is 97.1 Å². The summed E-state index contributed by atoms with van der Waals surface area (Å²) in [5, 5.41) is 5.64. The van der Waals surface area contributed by atoms with Crippen molar-refractivity contribution in [3.05, 3.63) is 133 Å². The van der Waals surface area contributed by atoms with E-state index in [9.17, 15) is 0 Å². The lowest BCUT2D eigenvalue weighted by atomic mass is 9.98. The lowest BCUT2D eigenvalue weighted by Gasteiger charge is -2.20. The van der Waals surface area contributed by atoms with E-state index in [1.54, 1.807) is 0 Å². The fourth-order valence-corrected chi connectivity index (χ4v) is 6.97. The molecule has 200 valence electrons. The zero-order valence-corrected chi connectivity index (χ0v) is 22.9. The number of nitrogens with zero attached hydrogens (tertiary/aromatic N) is 4. The maximum atomic E-state index is 6.47. The molecule has 10 rings (SSSR count). The first-order valence-electron chi connectivity index (χ1n) is 14.4. The molecule has 0 bridgehead atoms. The van der Waals surface area contributed by atoms with Crippen LogP contribution in [0, 0.1) is 0 Å². The Hall–Kier alpha value is -5.94. The van der Waals surface area contributed by atoms with Gasteiger partial charge >= 0.3 is 0 Å². The van der Waals surface area contributed by atoms with E-state index in [2.05, 4.69) is 124 Å². The molecule has 0 radical (unpaired) electrons. The Morgan fingerprint density at radius 3 is 1.88 bits per heavy atom. The van der Waals surface area contributed by atoms with Crippen molar-refractivity contribution in [3.63, 3.8) is 0 Å². The molecule has 6 aromatic carbocycles. The largest absolute Gasteiger partial charge is 0.438 e. The lowest BCUT2D eigenvalue weighted by Crippen LogP contribution is -2.07. The van der Waals surface area contributed by atoms with Crippen LogP contribution in [0.25, 0.3) is 77.3 Å². The second-order valence-corrected chi connectivity index (χ2v) is 11.0. The Labute approximate surface area is 245 Å². The second kappa shape index (κ2) is 8.30. The quantitative estimate of drug-likeness (QED) is 0.215. The maximum absolute atomic E-state index is 6.47. The summed E-state index contributed by atoms with van der Waals surface area (Å²) < 4.78 is 11.1. The highest BCUT2D eigenvalue weighted by atomic mass is 16.5. The van der Waals surface area contributed by atoms with Crippen LogP contribution in [0.15, 0.2) is 133 Å². The van der Waals surface area contributed by atoms with E-state index in [1.165, 1.54) is 10.8 Å². The minimum absolute atomic E-state index is 0.580. The van der Waals surface area contributed by atoms with E-state index < -0.39 is 0 Å². The molecule has 0 atom stereocenters. The van der Waals surface area contributed by atoms with Gasteiger partial charge < -0.3 is 9.30 Å². The molecule has 5 heteroatoms. The van der Waals surface area contributed by atoms with Crippen LogP contribution in [0.1, 0.15) is 0 Å². The topological polar surface area (TPSA) is 44.9 Å². The average Bonchev–Trinajstić information content (AvgIpc) is 3.58. The Balaban J connectivity index is 1.40. The van der Waals surface area contributed by atoms with Gasteiger partial charge in [0.05, 0.1) is 33.0 Å². The third kappa shape index (κ3) is 3.00. The van der Waals surface area contributed by atoms with E-state index in [4.69, 9.17) is 14.7 Å². The van der Waals surface area contributed by atoms with Crippen LogP contribution in [0.5, 0.6) is 11.6 Å². The maximum Gasteiger partial charge on any atom is 0.238 e. The van der Waals surface area contributed by atoms with Gasteiger partial charge in [0.15, 0.2) is 0 Å². The molecule has 0 fully saturated rings. The number of aromatic nitrogens is 4. The number of hydrogen-bond donors (Lipinski definition) is 0. The molecule has 5 nitrogen and oxygen atoms in total. The molecular weight excluding hydrogens is 528 g/mol. The van der Waals surface area contributed by atoms with E-state index >= 15 is 0 Å². The van der Waals surface area contributed by atoms with Gasteiger partial charge in [-0.25, -0.2) is 4.98 Å². The van der Waals surface area contributed by atoms with Crippen molar-refractivity contribution in [3.8, 4) is 34.4 Å². The standard InChI is InChI=1S/C38H22N4O/c1-2-11-23(12-3-1)41-31-18-7-4-13-24(31)28-21-22-29-25-14-5-8-19-32(25)42(36(29)35(28)41)38-39-30-17-10-16-27-26-15-6-9-20-33(26)43-37(40-38)34(27)30/h1-22H. The molecule has 3 aromatic heterocycles. The van der Waals surface area contributed by atoms with Crippen molar-refractivity contribution < 1.29 is 4.74 Å². The summed E-state index contributed by atoms with van der Waals surface area (Å²) in [6.45, 7) is 0. The van der Waals surface area contributed by atoms with Gasteiger partial charge in [-0.2, -0.15) is 4.98 Å². The highest BCUT2D eigenvalue weighted by Crippen LogP contribution is 2.46. The number of benzene rings is 6. The molecule has 0 unspecified atom stereocenters. The predicted molar refractivity (Wildman–Crippen MR) is 174 cm³/mol. The molecule has 0 aliphatic carbocycles. The first kappa shape index (κ1) is 22.7. The summed E-state index contributed by atoms with van der Waals surface area (Å²) >= 11 is 0. The molecular formula is C38H22N4O. The third-order valence-electron chi connectivity index (χ3n) is 8.75. The molecule has 0 saturated carbocycles. The monoisotopic (exact) mass is 550 g/mol. The van der Waals surface area contributed by atoms with Crippen LogP contribution >= 0.6 is 0 Å². The Morgan fingerprint density at radius 1 is 0.465 bits per heavy atom. The van der Waals surface area contributed by atoms with Crippen molar-refractivity contribution in [1.82, 2.24) is 19.1 Å². The lowest BCUT2D eigenvalue weighted by molar-refractivity contribution is 0.466. The van der Waals surface area contributed by atoms with Crippen LogP contribution in [0.4, 0.5) is 0 Å². The zero-order chi connectivity index (χ0) is 28.1. The number of rotatable bonds is 2. The van der Waals surface area contributed by atoms with Crippen LogP contribution in [0.2, 0.25) is 0 Å². The van der Waals surface area contributed by atoms with Gasteiger partial charge in [-0.05, 0) is 36.4 Å². The minimum atomic E-state index is 0.580. The van der Waals surface area contributed by atoms with Crippen molar-refractivity contribution in [1.29, 1.82) is 0 Å². The first-order valence-corrected chi connectivity index (χ1v) is 14.4. The Bertz CT molecular complexity index is 2590. The molecule has 0 amide bonds. The molecule has 0 spiro atoms. The first-order chi connectivity index (χ1) is 21.3. The van der Waals surface area contributed by atoms with Crippen molar-refractivity contribution in [2.45, 2.75) is 0 Å². The van der Waals surface area contributed by atoms with Crippen LogP contribution in [-0.2, 0) is 0 Å². The van der Waals surface area contributed by atoms with Crippen molar-refractivity contribution in [2.24, 2.45) is 0 Å². The van der Waals surface area contributed by atoms with Gasteiger partial charge in [-0.3, -0.25) is 4.57 Å². The number of hydrogen-bond acceptors (Lipinski definition) is 3. The molecule has 4 heterocycles. The van der Waals surface area contributed by atoms with E-state index in [-0.39, 0.29) is 0 Å². The highest BCUT2D eigenvalue weighted by molar-refractivity contribution is 6.23. The summed E-state index contributed by atoms with van der Waals surface area (Å²) in [5.41, 5.74) is 8.51. The molecule has 0 saturated heterocycles. The SMILES string of the molecule is c1ccc(-n2c3ccccc3c3ccc4c5ccccc5n(-c5nc6c7c(cccc7n5)-c5ccccc5O6)c4c32)cc1. The van der Waals surface area contributed by atoms with E-state index in [0.717, 1.165) is 66.3 Å². The zero-order valence-electron chi connectivity index (χ0n) is 22.9. The van der Waals surface area contributed by atoms with Gasteiger partial charge in [-0.15, -0.1) is 0 Å². The summed E-state index contributed by atoms with van der Waals surface area (Å²) in [6, 6.07) is 46.6. The smallest absolute Gasteiger partial charge is 0.238 e. The average molecular weight is 551 g/mol. The number of para-hydroxylation sites is 4. The van der Waals surface area contributed by atoms with E-state index in [0.29, 0.717) is 11.8 Å². The van der Waals surface area contributed by atoms with Crippen LogP contribution in [0.3, 0.4) is 0 Å². The summed E-state index contributed by atoms with van der Waals surface area (Å²) in [7, 11) is 0. The number of fused-ring (bicyclic) bond motifs is 9. The van der Waals surface area contributed by atoms with Gasteiger partial charge in [0, 0.05) is 38.4 Å². The molecule has 9 aromatic rings. The normalized spacial score (nSPS) is 12.4. The summed E-state index contributed by atoms with van der Waals surface area (Å²) in [4.78, 5) is 10.4. The fourth-order valence-electron chi connectivity index (χ4n) is 6.97. The molecule has 1 aliphatic heterocycles. The second-order valence-electron chi connectivity index (χ2n) is 11.0. The van der Waals surface area contributed by atoms with E-state index in [1.807, 2.05) is 18.2 Å².